The first kappa shape index (κ1) is 16.0. The molecule has 0 radical (unpaired) electrons. The molecule has 0 spiro atoms. The summed E-state index contributed by atoms with van der Waals surface area (Å²) in [6.45, 7) is 0. The summed E-state index contributed by atoms with van der Waals surface area (Å²) in [5.41, 5.74) is 3.89. The third-order valence-electron chi connectivity index (χ3n) is 5.51. The van der Waals surface area contributed by atoms with Crippen molar-refractivity contribution in [2.45, 2.75) is 0 Å². The lowest BCUT2D eigenvalue weighted by Crippen LogP contribution is -1.96. The maximum atomic E-state index is 4.75. The molecule has 0 aliphatic carbocycles. The summed E-state index contributed by atoms with van der Waals surface area (Å²) in [7, 11) is 0. The van der Waals surface area contributed by atoms with E-state index in [0.29, 0.717) is 0 Å². The minimum absolute atomic E-state index is 0.962. The van der Waals surface area contributed by atoms with Crippen molar-refractivity contribution >= 4 is 54.7 Å². The lowest BCUT2D eigenvalue weighted by molar-refractivity contribution is 1.41. The third kappa shape index (κ3) is 2.52. The molecule has 3 heteroatoms. The van der Waals surface area contributed by atoms with Gasteiger partial charge in [0.25, 0.3) is 0 Å². The molecule has 0 fully saturated rings. The maximum absolute atomic E-state index is 4.75. The fraction of sp³-hybridized carbons (Fsp3) is 0. The van der Waals surface area contributed by atoms with E-state index in [-0.39, 0.29) is 0 Å². The van der Waals surface area contributed by atoms with Crippen LogP contribution in [0.4, 0.5) is 11.4 Å². The van der Waals surface area contributed by atoms with Gasteiger partial charge in [-0.2, -0.15) is 0 Å². The molecule has 0 saturated carbocycles. The molecule has 1 N–H and O–H groups in total. The molecule has 0 amide bonds. The number of hydrogen-bond donors (Lipinski definition) is 1. The Hall–Kier alpha value is -3.98. The molecular formula is C26H17N3. The van der Waals surface area contributed by atoms with E-state index >= 15 is 0 Å². The molecule has 29 heavy (non-hydrogen) atoms. The Bertz CT molecular complexity index is 1420. The molecule has 3 nitrogen and oxygen atoms in total. The van der Waals surface area contributed by atoms with Crippen LogP contribution in [0.15, 0.2) is 97.3 Å². The van der Waals surface area contributed by atoms with Crippen LogP contribution in [0.2, 0.25) is 0 Å². The number of aromatic nitrogens is 2. The van der Waals surface area contributed by atoms with Gasteiger partial charge in [-0.3, -0.25) is 9.97 Å². The molecule has 6 aromatic rings. The van der Waals surface area contributed by atoms with Gasteiger partial charge in [0.15, 0.2) is 0 Å². The average molecular weight is 371 g/mol. The zero-order valence-corrected chi connectivity index (χ0v) is 15.6. The summed E-state index contributed by atoms with van der Waals surface area (Å²) in [5.74, 6) is 0. The van der Waals surface area contributed by atoms with Gasteiger partial charge in [-0.25, -0.2) is 0 Å². The second-order valence-corrected chi connectivity index (χ2v) is 7.22. The predicted octanol–water partition coefficient (Wildman–Crippen LogP) is 6.83. The zero-order chi connectivity index (χ0) is 19.2. The van der Waals surface area contributed by atoms with E-state index in [9.17, 15) is 0 Å². The molecule has 6 rings (SSSR count). The summed E-state index contributed by atoms with van der Waals surface area (Å²) < 4.78 is 0. The third-order valence-corrected chi connectivity index (χ3v) is 5.51. The molecule has 0 bridgehead atoms. The van der Waals surface area contributed by atoms with E-state index in [1.54, 1.807) is 0 Å². The standard InChI is InChI=1S/C26H17N3/c1-3-9-19-17(7-1)15-27-25-21(19)11-5-13-23(25)29-24-14-6-12-22-20-10-4-2-8-18(20)16-28-26(22)24/h1-16,29H. The predicted molar refractivity (Wildman–Crippen MR) is 122 cm³/mol. The minimum atomic E-state index is 0.962. The number of anilines is 2. The highest BCUT2D eigenvalue weighted by molar-refractivity contribution is 6.12. The smallest absolute Gasteiger partial charge is 0.0943 e. The van der Waals surface area contributed by atoms with E-state index in [1.807, 2.05) is 24.5 Å². The molecule has 0 saturated heterocycles. The van der Waals surface area contributed by atoms with Crippen LogP contribution in [0.3, 0.4) is 0 Å². The van der Waals surface area contributed by atoms with E-state index in [4.69, 9.17) is 9.97 Å². The van der Waals surface area contributed by atoms with Gasteiger partial charge >= 0.3 is 0 Å². The van der Waals surface area contributed by atoms with Gasteiger partial charge < -0.3 is 5.32 Å². The monoisotopic (exact) mass is 371 g/mol. The zero-order valence-electron chi connectivity index (χ0n) is 15.6. The highest BCUT2D eigenvalue weighted by Gasteiger charge is 2.10. The van der Waals surface area contributed by atoms with Crippen molar-refractivity contribution in [3.63, 3.8) is 0 Å². The Morgan fingerprint density at radius 2 is 0.897 bits per heavy atom. The van der Waals surface area contributed by atoms with Gasteiger partial charge in [-0.05, 0) is 22.9 Å². The number of para-hydroxylation sites is 2. The summed E-state index contributed by atoms with van der Waals surface area (Å²) in [5, 5.41) is 10.6. The van der Waals surface area contributed by atoms with Crippen molar-refractivity contribution in [3.05, 3.63) is 97.3 Å². The Morgan fingerprint density at radius 3 is 1.41 bits per heavy atom. The molecule has 2 heterocycles. The highest BCUT2D eigenvalue weighted by atomic mass is 14.9. The van der Waals surface area contributed by atoms with Gasteiger partial charge in [0, 0.05) is 33.9 Å². The highest BCUT2D eigenvalue weighted by Crippen LogP contribution is 2.33. The number of nitrogens with one attached hydrogen (secondary N) is 1. The number of benzene rings is 4. The van der Waals surface area contributed by atoms with Crippen molar-refractivity contribution in [1.29, 1.82) is 0 Å². The number of pyridine rings is 2. The Morgan fingerprint density at radius 1 is 0.448 bits per heavy atom. The van der Waals surface area contributed by atoms with Crippen molar-refractivity contribution in [3.8, 4) is 0 Å². The second-order valence-electron chi connectivity index (χ2n) is 7.22. The maximum Gasteiger partial charge on any atom is 0.0943 e. The molecule has 4 aromatic carbocycles. The van der Waals surface area contributed by atoms with E-state index in [1.165, 1.54) is 10.8 Å². The van der Waals surface area contributed by atoms with Crippen LogP contribution >= 0.6 is 0 Å². The lowest BCUT2D eigenvalue weighted by atomic mass is 10.0. The van der Waals surface area contributed by atoms with Crippen LogP contribution in [-0.2, 0) is 0 Å². The molecule has 0 aliphatic heterocycles. The van der Waals surface area contributed by atoms with E-state index < -0.39 is 0 Å². The van der Waals surface area contributed by atoms with Crippen molar-refractivity contribution < 1.29 is 0 Å². The van der Waals surface area contributed by atoms with Crippen molar-refractivity contribution in [2.75, 3.05) is 5.32 Å². The van der Waals surface area contributed by atoms with Crippen LogP contribution < -0.4 is 5.32 Å². The minimum Gasteiger partial charge on any atom is -0.352 e. The molecule has 0 unspecified atom stereocenters. The Labute approximate surface area is 167 Å². The Kier molecular flexibility index (Phi) is 3.47. The molecule has 136 valence electrons. The summed E-state index contributed by atoms with van der Waals surface area (Å²) in [6.07, 6.45) is 3.88. The quantitative estimate of drug-likeness (QED) is 0.339. The number of fused-ring (bicyclic) bond motifs is 6. The summed E-state index contributed by atoms with van der Waals surface area (Å²) in [4.78, 5) is 9.51. The summed E-state index contributed by atoms with van der Waals surface area (Å²) >= 11 is 0. The number of rotatable bonds is 2. The van der Waals surface area contributed by atoms with Crippen molar-refractivity contribution in [1.82, 2.24) is 9.97 Å². The summed E-state index contributed by atoms with van der Waals surface area (Å²) in [6, 6.07) is 29.3. The normalized spacial score (nSPS) is 11.4. The van der Waals surface area contributed by atoms with Crippen molar-refractivity contribution in [2.24, 2.45) is 0 Å². The van der Waals surface area contributed by atoms with Crippen LogP contribution in [0, 0.1) is 0 Å². The molecule has 0 atom stereocenters. The fourth-order valence-electron chi connectivity index (χ4n) is 4.12. The number of hydrogen-bond acceptors (Lipinski definition) is 3. The SMILES string of the molecule is c1ccc2c(c1)cnc1c(Nc3cccc4c3ncc3ccccc34)cccc12. The van der Waals surface area contributed by atoms with Crippen LogP contribution in [0.1, 0.15) is 0 Å². The Balaban J connectivity index is 1.56. The van der Waals surface area contributed by atoms with Crippen LogP contribution in [-0.4, -0.2) is 9.97 Å². The average Bonchev–Trinajstić information content (AvgIpc) is 2.79. The van der Waals surface area contributed by atoms with Gasteiger partial charge in [-0.1, -0.05) is 72.8 Å². The number of nitrogens with zero attached hydrogens (tertiary/aromatic N) is 2. The largest absolute Gasteiger partial charge is 0.352 e. The van der Waals surface area contributed by atoms with Gasteiger partial charge in [0.2, 0.25) is 0 Å². The van der Waals surface area contributed by atoms with E-state index in [0.717, 1.165) is 44.0 Å². The van der Waals surface area contributed by atoms with Gasteiger partial charge in [-0.15, -0.1) is 0 Å². The van der Waals surface area contributed by atoms with Crippen LogP contribution in [0.25, 0.3) is 43.4 Å². The molecule has 2 aromatic heterocycles. The molecule has 0 aliphatic rings. The van der Waals surface area contributed by atoms with E-state index in [2.05, 4.69) is 78.1 Å². The van der Waals surface area contributed by atoms with Gasteiger partial charge in [0.1, 0.15) is 0 Å². The molecular weight excluding hydrogens is 354 g/mol. The van der Waals surface area contributed by atoms with Crippen LogP contribution in [0.5, 0.6) is 0 Å². The second kappa shape index (κ2) is 6.28. The fourth-order valence-corrected chi connectivity index (χ4v) is 4.12. The first-order valence-corrected chi connectivity index (χ1v) is 9.68. The topological polar surface area (TPSA) is 37.8 Å². The first-order chi connectivity index (χ1) is 14.4. The van der Waals surface area contributed by atoms with Gasteiger partial charge in [0.05, 0.1) is 22.4 Å². The first-order valence-electron chi connectivity index (χ1n) is 9.68. The lowest BCUT2D eigenvalue weighted by Gasteiger charge is -2.13.